The summed E-state index contributed by atoms with van der Waals surface area (Å²) in [7, 11) is 0. The molecule has 16 atom stereocenters. The number of aliphatic hydroxyl groups is 8. The Hall–Kier alpha value is -2.70. The lowest BCUT2D eigenvalue weighted by molar-refractivity contribution is -0.332. The standard InChI is InChI=1S/C31H49N5O14/c1-2-12-3-5-13(6-4-12)28(45)35-8-7-16(38)29(46)36-15-9-14(33)26(49-31-24(43)23(42)21(40)17(10-32)47-31)25(44)27(15)50-30-22(41)19(34)20(39)18(11-37)48-30/h2-6,14-27,30-31,37-44H,1,7-11,32-34H2,(H,35,45)(H,36,46)/t14-,15+,16-,17+,18+,19-,20+,21+,22+,23-,24+,25-,26+,27-,30+,31+/m0/s1. The van der Waals surface area contributed by atoms with Crippen LogP contribution in [0.2, 0.25) is 0 Å². The van der Waals surface area contributed by atoms with Gasteiger partial charge in [-0.2, -0.15) is 0 Å². The predicted molar refractivity (Wildman–Crippen MR) is 171 cm³/mol. The third-order valence-corrected chi connectivity index (χ3v) is 9.18. The highest BCUT2D eigenvalue weighted by atomic mass is 16.7. The highest BCUT2D eigenvalue weighted by Crippen LogP contribution is 2.32. The summed E-state index contributed by atoms with van der Waals surface area (Å²) in [6, 6.07) is 2.95. The molecule has 2 saturated heterocycles. The molecule has 1 saturated carbocycles. The minimum absolute atomic E-state index is 0.0851. The predicted octanol–water partition coefficient (Wildman–Crippen LogP) is -6.31. The van der Waals surface area contributed by atoms with Crippen molar-refractivity contribution in [3.05, 3.63) is 42.0 Å². The molecule has 282 valence electrons. The number of amides is 2. The molecule has 0 aromatic heterocycles. The van der Waals surface area contributed by atoms with Gasteiger partial charge in [-0.25, -0.2) is 0 Å². The number of nitrogens with two attached hydrogens (primary N) is 3. The van der Waals surface area contributed by atoms with Crippen LogP contribution in [-0.4, -0.2) is 170 Å². The summed E-state index contributed by atoms with van der Waals surface area (Å²) in [6.07, 6.45) is -19.1. The number of benzene rings is 1. The van der Waals surface area contributed by atoms with Gasteiger partial charge >= 0.3 is 0 Å². The van der Waals surface area contributed by atoms with Crippen molar-refractivity contribution in [2.45, 2.75) is 111 Å². The Morgan fingerprint density at radius 1 is 0.900 bits per heavy atom. The summed E-state index contributed by atoms with van der Waals surface area (Å²) >= 11 is 0. The van der Waals surface area contributed by atoms with E-state index in [0.717, 1.165) is 5.56 Å². The molecule has 2 heterocycles. The van der Waals surface area contributed by atoms with Crippen molar-refractivity contribution in [2.75, 3.05) is 19.7 Å². The van der Waals surface area contributed by atoms with Crippen LogP contribution >= 0.6 is 0 Å². The monoisotopic (exact) mass is 715 g/mol. The van der Waals surface area contributed by atoms with Gasteiger partial charge in [0.1, 0.15) is 67.1 Å². The highest BCUT2D eigenvalue weighted by molar-refractivity contribution is 5.94. The van der Waals surface area contributed by atoms with E-state index in [9.17, 15) is 50.4 Å². The molecular weight excluding hydrogens is 666 g/mol. The van der Waals surface area contributed by atoms with E-state index in [1.807, 2.05) is 0 Å². The first-order valence-electron chi connectivity index (χ1n) is 16.2. The first-order valence-corrected chi connectivity index (χ1v) is 16.2. The van der Waals surface area contributed by atoms with Crippen LogP contribution in [0.15, 0.2) is 30.8 Å². The molecule has 3 aliphatic rings. The van der Waals surface area contributed by atoms with Gasteiger partial charge in [-0.05, 0) is 30.5 Å². The normalized spacial score (nSPS) is 39.7. The number of aliphatic hydroxyl groups excluding tert-OH is 8. The largest absolute Gasteiger partial charge is 0.394 e. The summed E-state index contributed by atoms with van der Waals surface area (Å²) < 4.78 is 22.7. The lowest BCUT2D eigenvalue weighted by Gasteiger charge is -2.49. The smallest absolute Gasteiger partial charge is 0.251 e. The van der Waals surface area contributed by atoms with E-state index in [2.05, 4.69) is 17.2 Å². The van der Waals surface area contributed by atoms with E-state index in [-0.39, 0.29) is 25.9 Å². The van der Waals surface area contributed by atoms with Crippen molar-refractivity contribution in [1.82, 2.24) is 10.6 Å². The molecule has 0 unspecified atom stereocenters. The van der Waals surface area contributed by atoms with Crippen LogP contribution in [0.25, 0.3) is 6.08 Å². The molecule has 19 nitrogen and oxygen atoms in total. The van der Waals surface area contributed by atoms with Gasteiger partial charge in [0.2, 0.25) is 5.91 Å². The fourth-order valence-corrected chi connectivity index (χ4v) is 6.10. The van der Waals surface area contributed by atoms with Crippen LogP contribution in [0, 0.1) is 0 Å². The average molecular weight is 716 g/mol. The van der Waals surface area contributed by atoms with E-state index in [4.69, 9.17) is 36.1 Å². The van der Waals surface area contributed by atoms with Crippen LogP contribution < -0.4 is 27.8 Å². The van der Waals surface area contributed by atoms with Crippen molar-refractivity contribution in [2.24, 2.45) is 17.2 Å². The van der Waals surface area contributed by atoms with E-state index < -0.39 is 116 Å². The molecule has 50 heavy (non-hydrogen) atoms. The molecule has 0 radical (unpaired) electrons. The number of carbonyl (C=O) groups is 2. The molecule has 0 spiro atoms. The summed E-state index contributed by atoms with van der Waals surface area (Å²) in [5, 5.41) is 89.0. The molecule has 4 rings (SSSR count). The third kappa shape index (κ3) is 9.02. The zero-order valence-corrected chi connectivity index (χ0v) is 27.1. The van der Waals surface area contributed by atoms with Gasteiger partial charge in [-0.15, -0.1) is 0 Å². The van der Waals surface area contributed by atoms with Crippen LogP contribution in [0.4, 0.5) is 0 Å². The van der Waals surface area contributed by atoms with Gasteiger partial charge in [0, 0.05) is 24.7 Å². The van der Waals surface area contributed by atoms with Gasteiger partial charge in [0.05, 0.1) is 18.7 Å². The lowest BCUT2D eigenvalue weighted by atomic mass is 9.83. The van der Waals surface area contributed by atoms with Gasteiger partial charge in [-0.1, -0.05) is 24.8 Å². The maximum atomic E-state index is 13.1. The second kappa shape index (κ2) is 17.7. The van der Waals surface area contributed by atoms with Gasteiger partial charge < -0.3 is 87.6 Å². The molecular formula is C31H49N5O14. The van der Waals surface area contributed by atoms with E-state index in [0.29, 0.717) is 5.56 Å². The first kappa shape index (κ1) is 40.1. The summed E-state index contributed by atoms with van der Waals surface area (Å²) in [6.45, 7) is 2.61. The zero-order valence-electron chi connectivity index (χ0n) is 27.1. The molecule has 0 bridgehead atoms. The third-order valence-electron chi connectivity index (χ3n) is 9.18. The number of ether oxygens (including phenoxy) is 4. The lowest BCUT2D eigenvalue weighted by Crippen LogP contribution is -2.69. The van der Waals surface area contributed by atoms with Crippen LogP contribution in [0.5, 0.6) is 0 Å². The zero-order chi connectivity index (χ0) is 36.9. The number of hydrogen-bond donors (Lipinski definition) is 13. The number of hydrogen-bond acceptors (Lipinski definition) is 17. The van der Waals surface area contributed by atoms with E-state index >= 15 is 0 Å². The van der Waals surface area contributed by atoms with Gasteiger partial charge in [-0.3, -0.25) is 9.59 Å². The second-order valence-corrected chi connectivity index (χ2v) is 12.6. The Balaban J connectivity index is 1.47. The van der Waals surface area contributed by atoms with E-state index in [1.54, 1.807) is 30.3 Å². The quantitative estimate of drug-likeness (QED) is 0.0903. The molecule has 1 aliphatic carbocycles. The van der Waals surface area contributed by atoms with Crippen LogP contribution in [0.1, 0.15) is 28.8 Å². The Bertz CT molecular complexity index is 1280. The minimum Gasteiger partial charge on any atom is -0.394 e. The Labute approximate surface area is 287 Å². The topological polar surface area (TPSA) is 335 Å². The Morgan fingerprint density at radius 3 is 2.14 bits per heavy atom. The molecule has 3 fully saturated rings. The maximum Gasteiger partial charge on any atom is 0.251 e. The molecule has 2 amide bonds. The van der Waals surface area contributed by atoms with E-state index in [1.165, 1.54) is 0 Å². The van der Waals surface area contributed by atoms with Crippen LogP contribution in [0.3, 0.4) is 0 Å². The molecule has 1 aromatic carbocycles. The summed E-state index contributed by atoms with van der Waals surface area (Å²) in [5.74, 6) is -1.36. The SMILES string of the molecule is C=Cc1ccc(C(=O)NCC[C@H](O)C(=O)N[C@@H]2C[C@H](N)[C@@H](O[C@H]3O[C@H](CN)[C@@H](O)[C@H](O)[C@H]3O)[C@H](O)[C@H]2O[C@H]2O[C@H](CO)[C@@H](O)[C@H](N)[C@H]2O)cc1. The molecule has 1 aromatic rings. The van der Waals surface area contributed by atoms with Crippen molar-refractivity contribution >= 4 is 17.9 Å². The van der Waals surface area contributed by atoms with Crippen molar-refractivity contribution in [1.29, 1.82) is 0 Å². The summed E-state index contributed by atoms with van der Waals surface area (Å²) in [5.41, 5.74) is 19.0. The first-order chi connectivity index (χ1) is 23.7. The van der Waals surface area contributed by atoms with Crippen molar-refractivity contribution in [3.63, 3.8) is 0 Å². The number of carbonyl (C=O) groups excluding carboxylic acids is 2. The van der Waals surface area contributed by atoms with Crippen LogP contribution in [-0.2, 0) is 23.7 Å². The number of rotatable bonds is 13. The fraction of sp³-hybridized carbons (Fsp3) is 0.677. The Kier molecular flexibility index (Phi) is 14.2. The molecule has 2 aliphatic heterocycles. The molecule has 16 N–H and O–H groups in total. The highest BCUT2D eigenvalue weighted by Gasteiger charge is 2.52. The number of nitrogens with one attached hydrogen (secondary N) is 2. The molecule has 19 heteroatoms. The van der Waals surface area contributed by atoms with Gasteiger partial charge in [0.15, 0.2) is 12.6 Å². The average Bonchev–Trinajstić information content (AvgIpc) is 3.11. The maximum absolute atomic E-state index is 13.1. The van der Waals surface area contributed by atoms with Gasteiger partial charge in [0.25, 0.3) is 5.91 Å². The fourth-order valence-electron chi connectivity index (χ4n) is 6.10. The minimum atomic E-state index is -1.79. The second-order valence-electron chi connectivity index (χ2n) is 12.6. The summed E-state index contributed by atoms with van der Waals surface area (Å²) in [4.78, 5) is 25.6. The van der Waals surface area contributed by atoms with Crippen molar-refractivity contribution < 1.29 is 69.4 Å². The van der Waals surface area contributed by atoms with Crippen molar-refractivity contribution in [3.8, 4) is 0 Å². The Morgan fingerprint density at radius 2 is 1.52 bits per heavy atom.